The molecule has 2 aromatic heterocycles. The highest BCUT2D eigenvalue weighted by atomic mass is 127. The summed E-state index contributed by atoms with van der Waals surface area (Å²) in [5.74, 6) is 0.186. The minimum absolute atomic E-state index is 0.186. The van der Waals surface area contributed by atoms with Crippen molar-refractivity contribution in [3.05, 3.63) is 10.0 Å². The average molecular weight is 361 g/mol. The number of carbonyl (C=O) groups is 1. The molecule has 18 heavy (non-hydrogen) atoms. The Morgan fingerprint density at radius 3 is 2.83 bits per heavy atom. The average Bonchev–Trinajstić information content (AvgIpc) is 2.62. The van der Waals surface area contributed by atoms with E-state index in [1.165, 1.54) is 6.33 Å². The topological polar surface area (TPSA) is 92.8 Å². The monoisotopic (exact) mass is 361 g/mol. The SMILES string of the molecule is CC(C)(C)OC(=O)Nc1nc(I)c2nc[nH]c2n1. The number of hydrogen-bond acceptors (Lipinski definition) is 5. The van der Waals surface area contributed by atoms with Gasteiger partial charge in [-0.2, -0.15) is 4.98 Å². The number of anilines is 1. The summed E-state index contributed by atoms with van der Waals surface area (Å²) in [6.07, 6.45) is 0.941. The van der Waals surface area contributed by atoms with Crippen LogP contribution in [0, 0.1) is 3.70 Å². The predicted molar refractivity (Wildman–Crippen MR) is 74.3 cm³/mol. The van der Waals surface area contributed by atoms with Crippen LogP contribution in [0.1, 0.15) is 20.8 Å². The van der Waals surface area contributed by atoms with E-state index >= 15 is 0 Å². The quantitative estimate of drug-likeness (QED) is 0.601. The van der Waals surface area contributed by atoms with Crippen LogP contribution in [0.5, 0.6) is 0 Å². The number of nitrogens with one attached hydrogen (secondary N) is 2. The van der Waals surface area contributed by atoms with Crippen molar-refractivity contribution in [1.82, 2.24) is 19.9 Å². The number of H-pyrrole nitrogens is 1. The van der Waals surface area contributed by atoms with Gasteiger partial charge in [0.15, 0.2) is 5.65 Å². The normalized spacial score (nSPS) is 11.6. The molecule has 1 amide bonds. The molecular weight excluding hydrogens is 349 g/mol. The van der Waals surface area contributed by atoms with Crippen molar-refractivity contribution in [1.29, 1.82) is 0 Å². The summed E-state index contributed by atoms with van der Waals surface area (Å²) in [6.45, 7) is 5.36. The number of ether oxygens (including phenoxy) is 1. The van der Waals surface area contributed by atoms with Crippen LogP contribution >= 0.6 is 22.6 Å². The Labute approximate surface area is 117 Å². The van der Waals surface area contributed by atoms with E-state index in [-0.39, 0.29) is 5.95 Å². The van der Waals surface area contributed by atoms with Crippen LogP contribution in [0.15, 0.2) is 6.33 Å². The number of rotatable bonds is 1. The molecule has 0 saturated carbocycles. The molecule has 0 fully saturated rings. The zero-order chi connectivity index (χ0) is 13.3. The molecule has 0 saturated heterocycles. The molecule has 0 unspecified atom stereocenters. The molecule has 8 heteroatoms. The number of fused-ring (bicyclic) bond motifs is 1. The first-order valence-electron chi connectivity index (χ1n) is 5.22. The maximum atomic E-state index is 11.6. The van der Waals surface area contributed by atoms with Gasteiger partial charge in [-0.3, -0.25) is 5.32 Å². The number of imidazole rings is 1. The van der Waals surface area contributed by atoms with Crippen molar-refractivity contribution in [3.8, 4) is 0 Å². The first kappa shape index (κ1) is 13.0. The highest BCUT2D eigenvalue weighted by Crippen LogP contribution is 2.16. The molecule has 7 nitrogen and oxygen atoms in total. The highest BCUT2D eigenvalue weighted by molar-refractivity contribution is 14.1. The molecule has 2 N–H and O–H groups in total. The second kappa shape index (κ2) is 4.67. The Balaban J connectivity index is 2.19. The number of nitrogens with zero attached hydrogens (tertiary/aromatic N) is 3. The lowest BCUT2D eigenvalue weighted by atomic mass is 10.2. The fraction of sp³-hybridized carbons (Fsp3) is 0.400. The number of hydrogen-bond donors (Lipinski definition) is 2. The lowest BCUT2D eigenvalue weighted by Crippen LogP contribution is -2.27. The number of halogens is 1. The van der Waals surface area contributed by atoms with E-state index in [1.54, 1.807) is 20.8 Å². The molecule has 2 aromatic rings. The zero-order valence-corrected chi connectivity index (χ0v) is 12.3. The zero-order valence-electron chi connectivity index (χ0n) is 10.1. The van der Waals surface area contributed by atoms with Crippen molar-refractivity contribution in [2.45, 2.75) is 26.4 Å². The fourth-order valence-electron chi connectivity index (χ4n) is 1.25. The van der Waals surface area contributed by atoms with E-state index in [9.17, 15) is 4.79 Å². The molecule has 0 aliphatic rings. The second-order valence-corrected chi connectivity index (χ2v) is 5.59. The maximum absolute atomic E-state index is 11.6. The third kappa shape index (κ3) is 3.06. The van der Waals surface area contributed by atoms with Gasteiger partial charge in [-0.05, 0) is 43.4 Å². The molecule has 0 atom stereocenters. The van der Waals surface area contributed by atoms with Crippen LogP contribution in [0.4, 0.5) is 10.7 Å². The van der Waals surface area contributed by atoms with E-state index < -0.39 is 11.7 Å². The third-order valence-electron chi connectivity index (χ3n) is 1.85. The predicted octanol–water partition coefficient (Wildman–Crippen LogP) is 2.30. The molecule has 0 aliphatic heterocycles. The Kier molecular flexibility index (Phi) is 3.37. The van der Waals surface area contributed by atoms with Crippen LogP contribution in [0.3, 0.4) is 0 Å². The smallest absolute Gasteiger partial charge is 0.414 e. The molecule has 2 rings (SSSR count). The van der Waals surface area contributed by atoms with Crippen molar-refractivity contribution in [3.63, 3.8) is 0 Å². The number of amides is 1. The molecule has 2 heterocycles. The number of carbonyl (C=O) groups excluding carboxylic acids is 1. The van der Waals surface area contributed by atoms with Gasteiger partial charge >= 0.3 is 6.09 Å². The lowest BCUT2D eigenvalue weighted by molar-refractivity contribution is 0.0634. The molecule has 0 aromatic carbocycles. The van der Waals surface area contributed by atoms with Crippen LogP contribution in [-0.4, -0.2) is 31.6 Å². The summed E-state index contributed by atoms with van der Waals surface area (Å²) < 4.78 is 5.77. The van der Waals surface area contributed by atoms with Gasteiger partial charge in [0.2, 0.25) is 5.95 Å². The van der Waals surface area contributed by atoms with Crippen molar-refractivity contribution in [2.24, 2.45) is 0 Å². The molecule has 96 valence electrons. The van der Waals surface area contributed by atoms with Crippen LogP contribution in [0.2, 0.25) is 0 Å². The van der Waals surface area contributed by atoms with Gasteiger partial charge in [-0.1, -0.05) is 0 Å². The largest absolute Gasteiger partial charge is 0.444 e. The molecular formula is C10H12IN5O2. The molecule has 0 spiro atoms. The summed E-state index contributed by atoms with van der Waals surface area (Å²) in [5.41, 5.74) is 0.681. The first-order chi connectivity index (χ1) is 8.35. The van der Waals surface area contributed by atoms with Crippen LogP contribution < -0.4 is 5.32 Å². The highest BCUT2D eigenvalue weighted by Gasteiger charge is 2.17. The maximum Gasteiger partial charge on any atom is 0.414 e. The summed E-state index contributed by atoms with van der Waals surface area (Å²) >= 11 is 2.03. The summed E-state index contributed by atoms with van der Waals surface area (Å²) in [4.78, 5) is 26.7. The van der Waals surface area contributed by atoms with Gasteiger partial charge in [0.05, 0.1) is 6.33 Å². The van der Waals surface area contributed by atoms with Crippen LogP contribution in [0.25, 0.3) is 11.2 Å². The number of aromatic nitrogens is 4. The molecule has 0 radical (unpaired) electrons. The van der Waals surface area contributed by atoms with Gasteiger partial charge in [0, 0.05) is 0 Å². The first-order valence-corrected chi connectivity index (χ1v) is 6.30. The Bertz CT molecular complexity index is 589. The summed E-state index contributed by atoms with van der Waals surface area (Å²) in [7, 11) is 0. The Hall–Kier alpha value is -1.45. The third-order valence-corrected chi connectivity index (χ3v) is 2.60. The molecule has 0 aliphatic carbocycles. The lowest BCUT2D eigenvalue weighted by Gasteiger charge is -2.19. The van der Waals surface area contributed by atoms with Crippen molar-refractivity contribution < 1.29 is 9.53 Å². The van der Waals surface area contributed by atoms with Crippen molar-refractivity contribution in [2.75, 3.05) is 5.32 Å². The van der Waals surface area contributed by atoms with Gasteiger partial charge in [0.25, 0.3) is 0 Å². The summed E-state index contributed by atoms with van der Waals surface area (Å²) in [5, 5.41) is 2.49. The minimum atomic E-state index is -0.586. The Morgan fingerprint density at radius 2 is 2.17 bits per heavy atom. The van der Waals surface area contributed by atoms with E-state index in [4.69, 9.17) is 4.74 Å². The molecule has 0 bridgehead atoms. The Morgan fingerprint density at radius 1 is 1.44 bits per heavy atom. The van der Waals surface area contributed by atoms with E-state index in [0.717, 1.165) is 0 Å². The minimum Gasteiger partial charge on any atom is -0.444 e. The number of aromatic amines is 1. The van der Waals surface area contributed by atoms with Gasteiger partial charge in [0.1, 0.15) is 14.8 Å². The van der Waals surface area contributed by atoms with E-state index in [2.05, 4.69) is 25.3 Å². The van der Waals surface area contributed by atoms with Gasteiger partial charge < -0.3 is 9.72 Å². The standard InChI is InChI=1S/C10H12IN5O2/c1-10(2,3)18-9(17)16-8-14-6(11)5-7(15-8)13-4-12-5/h4H,1-3H3,(H2,12,13,14,15,16,17). The van der Waals surface area contributed by atoms with Gasteiger partial charge in [-0.15, -0.1) is 0 Å². The second-order valence-electron chi connectivity index (χ2n) is 4.56. The summed E-state index contributed by atoms with van der Waals surface area (Å²) in [6, 6.07) is 0. The van der Waals surface area contributed by atoms with Crippen LogP contribution in [-0.2, 0) is 4.74 Å². The van der Waals surface area contributed by atoms with Gasteiger partial charge in [-0.25, -0.2) is 14.8 Å². The van der Waals surface area contributed by atoms with E-state index in [1.807, 2.05) is 22.6 Å². The fourth-order valence-corrected chi connectivity index (χ4v) is 1.87. The van der Waals surface area contributed by atoms with Crippen molar-refractivity contribution >= 4 is 45.8 Å². The van der Waals surface area contributed by atoms with E-state index in [0.29, 0.717) is 14.9 Å².